The fraction of sp³-hybridized carbons (Fsp3) is 0.292. The number of benzene rings is 2. The molecule has 0 N–H and O–H groups in total. The topological polar surface area (TPSA) is 55.2 Å². The second kappa shape index (κ2) is 8.61. The quantitative estimate of drug-likeness (QED) is 0.603. The predicted molar refractivity (Wildman–Crippen MR) is 114 cm³/mol. The number of amides is 1. The van der Waals surface area contributed by atoms with Crippen molar-refractivity contribution in [2.45, 2.75) is 38.4 Å². The smallest absolute Gasteiger partial charge is 0.334 e. The number of rotatable bonds is 4. The highest BCUT2D eigenvalue weighted by molar-refractivity contribution is 5.92. The Kier molecular flexibility index (Phi) is 5.86. The maximum absolute atomic E-state index is 13.5. The standard InChI is InChI=1S/C24H22F3N3O2/c1-16-14-21(31)22(28-30(16)20-12-6-5-11-19(20)24(25,26)27)23(32)29-13-7-10-18(29)15-17-8-3-2-4-9-17/h2-6,8-9,11-12,14,18H,7,10,13,15H2,1H3. The minimum atomic E-state index is -4.60. The van der Waals surface area contributed by atoms with Crippen LogP contribution in [0.1, 0.15) is 40.2 Å². The normalized spacial score (nSPS) is 16.4. The summed E-state index contributed by atoms with van der Waals surface area (Å²) in [5, 5.41) is 4.12. The predicted octanol–water partition coefficient (Wildman–Crippen LogP) is 4.41. The monoisotopic (exact) mass is 441 g/mol. The van der Waals surface area contributed by atoms with Crippen LogP contribution in [0.4, 0.5) is 13.2 Å². The van der Waals surface area contributed by atoms with Gasteiger partial charge in [0.05, 0.1) is 11.3 Å². The van der Waals surface area contributed by atoms with Crippen molar-refractivity contribution in [2.24, 2.45) is 0 Å². The number of alkyl halides is 3. The largest absolute Gasteiger partial charge is 0.418 e. The lowest BCUT2D eigenvalue weighted by Gasteiger charge is -2.25. The van der Waals surface area contributed by atoms with Crippen LogP contribution in [0.15, 0.2) is 65.5 Å². The fourth-order valence-electron chi connectivity index (χ4n) is 4.17. The third-order valence-electron chi connectivity index (χ3n) is 5.70. The van der Waals surface area contributed by atoms with Gasteiger partial charge in [-0.1, -0.05) is 42.5 Å². The molecule has 0 aliphatic carbocycles. The number of para-hydroxylation sites is 1. The van der Waals surface area contributed by atoms with Gasteiger partial charge in [-0.05, 0) is 43.9 Å². The van der Waals surface area contributed by atoms with Crippen LogP contribution in [0.25, 0.3) is 5.69 Å². The zero-order valence-corrected chi connectivity index (χ0v) is 17.5. The Morgan fingerprint density at radius 3 is 2.50 bits per heavy atom. The summed E-state index contributed by atoms with van der Waals surface area (Å²) in [5.74, 6) is -0.549. The van der Waals surface area contributed by atoms with Crippen molar-refractivity contribution < 1.29 is 18.0 Å². The van der Waals surface area contributed by atoms with E-state index in [1.807, 2.05) is 30.3 Å². The van der Waals surface area contributed by atoms with E-state index in [-0.39, 0.29) is 23.1 Å². The molecule has 2 heterocycles. The first kappa shape index (κ1) is 21.8. The van der Waals surface area contributed by atoms with E-state index in [1.54, 1.807) is 4.90 Å². The van der Waals surface area contributed by atoms with E-state index in [1.165, 1.54) is 25.1 Å². The molecule has 3 aromatic rings. The van der Waals surface area contributed by atoms with Crippen molar-refractivity contribution in [3.05, 3.63) is 93.4 Å². The molecule has 0 radical (unpaired) electrons. The molecule has 4 rings (SSSR count). The summed E-state index contributed by atoms with van der Waals surface area (Å²) < 4.78 is 41.6. The molecule has 1 aliphatic rings. The number of hydrogen-bond donors (Lipinski definition) is 0. The van der Waals surface area contributed by atoms with Crippen molar-refractivity contribution in [1.29, 1.82) is 0 Å². The highest BCUT2D eigenvalue weighted by atomic mass is 19.4. The molecule has 2 aromatic carbocycles. The molecule has 1 unspecified atom stereocenters. The van der Waals surface area contributed by atoms with Gasteiger partial charge in [0.2, 0.25) is 5.43 Å². The van der Waals surface area contributed by atoms with Crippen LogP contribution in [0.2, 0.25) is 0 Å². The molecule has 0 saturated carbocycles. The van der Waals surface area contributed by atoms with E-state index >= 15 is 0 Å². The zero-order valence-electron chi connectivity index (χ0n) is 17.5. The second-order valence-electron chi connectivity index (χ2n) is 7.91. The second-order valence-corrected chi connectivity index (χ2v) is 7.91. The van der Waals surface area contributed by atoms with Crippen LogP contribution in [-0.2, 0) is 12.6 Å². The Morgan fingerprint density at radius 1 is 1.09 bits per heavy atom. The van der Waals surface area contributed by atoms with Crippen molar-refractivity contribution in [2.75, 3.05) is 6.54 Å². The van der Waals surface area contributed by atoms with Crippen LogP contribution in [-0.4, -0.2) is 33.2 Å². The summed E-state index contributed by atoms with van der Waals surface area (Å²) in [6.07, 6.45) is -2.38. The van der Waals surface area contributed by atoms with Gasteiger partial charge in [0.25, 0.3) is 5.91 Å². The molecule has 1 aromatic heterocycles. The molecule has 1 atom stereocenters. The first-order valence-corrected chi connectivity index (χ1v) is 10.4. The third-order valence-corrected chi connectivity index (χ3v) is 5.70. The van der Waals surface area contributed by atoms with Gasteiger partial charge in [0, 0.05) is 24.3 Å². The molecule has 8 heteroatoms. The summed E-state index contributed by atoms with van der Waals surface area (Å²) >= 11 is 0. The molecule has 1 amide bonds. The summed E-state index contributed by atoms with van der Waals surface area (Å²) in [7, 11) is 0. The molecule has 32 heavy (non-hydrogen) atoms. The van der Waals surface area contributed by atoms with E-state index in [9.17, 15) is 22.8 Å². The summed E-state index contributed by atoms with van der Waals surface area (Å²) in [6, 6.07) is 15.8. The van der Waals surface area contributed by atoms with Crippen molar-refractivity contribution in [1.82, 2.24) is 14.7 Å². The zero-order chi connectivity index (χ0) is 22.9. The Labute approximate surface area is 183 Å². The van der Waals surface area contributed by atoms with E-state index < -0.39 is 23.1 Å². The van der Waals surface area contributed by atoms with Crippen LogP contribution >= 0.6 is 0 Å². The van der Waals surface area contributed by atoms with Crippen molar-refractivity contribution in [3.8, 4) is 5.69 Å². The van der Waals surface area contributed by atoms with Crippen LogP contribution in [0.5, 0.6) is 0 Å². The first-order chi connectivity index (χ1) is 15.3. The molecule has 5 nitrogen and oxygen atoms in total. The molecule has 0 spiro atoms. The fourth-order valence-corrected chi connectivity index (χ4v) is 4.17. The molecule has 1 aliphatic heterocycles. The number of carbonyl (C=O) groups is 1. The summed E-state index contributed by atoms with van der Waals surface area (Å²) in [5.41, 5.74) is -0.795. The van der Waals surface area contributed by atoms with Crippen LogP contribution in [0, 0.1) is 6.92 Å². The van der Waals surface area contributed by atoms with E-state index in [4.69, 9.17) is 0 Å². The van der Waals surface area contributed by atoms with E-state index in [0.29, 0.717) is 13.0 Å². The lowest BCUT2D eigenvalue weighted by Crippen LogP contribution is -2.40. The number of hydrogen-bond acceptors (Lipinski definition) is 3. The number of carbonyl (C=O) groups excluding carboxylic acids is 1. The number of aromatic nitrogens is 2. The Morgan fingerprint density at radius 2 is 1.78 bits per heavy atom. The highest BCUT2D eigenvalue weighted by Crippen LogP contribution is 2.33. The Balaban J connectivity index is 1.71. The number of likely N-dealkylation sites (tertiary alicyclic amines) is 1. The van der Waals surface area contributed by atoms with Gasteiger partial charge in [0.15, 0.2) is 5.69 Å². The molecule has 0 bridgehead atoms. The molecular weight excluding hydrogens is 419 g/mol. The minimum absolute atomic E-state index is 0.0942. The Bertz CT molecular complexity index is 1190. The van der Waals surface area contributed by atoms with Crippen LogP contribution in [0.3, 0.4) is 0 Å². The number of aryl methyl sites for hydroxylation is 1. The van der Waals surface area contributed by atoms with E-state index in [2.05, 4.69) is 5.10 Å². The van der Waals surface area contributed by atoms with E-state index in [0.717, 1.165) is 35.2 Å². The molecular formula is C24H22F3N3O2. The maximum atomic E-state index is 13.5. The van der Waals surface area contributed by atoms with Gasteiger partial charge in [-0.15, -0.1) is 0 Å². The molecule has 1 fully saturated rings. The Hall–Kier alpha value is -3.42. The SMILES string of the molecule is Cc1cc(=O)c(C(=O)N2CCCC2Cc2ccccc2)nn1-c1ccccc1C(F)(F)F. The van der Waals surface area contributed by atoms with Gasteiger partial charge >= 0.3 is 6.18 Å². The average Bonchev–Trinajstić information content (AvgIpc) is 3.21. The maximum Gasteiger partial charge on any atom is 0.418 e. The van der Waals surface area contributed by atoms with Crippen LogP contribution < -0.4 is 5.43 Å². The van der Waals surface area contributed by atoms with Gasteiger partial charge < -0.3 is 4.90 Å². The number of nitrogens with zero attached hydrogens (tertiary/aromatic N) is 3. The minimum Gasteiger partial charge on any atom is -0.334 e. The van der Waals surface area contributed by atoms with Crippen molar-refractivity contribution >= 4 is 5.91 Å². The summed E-state index contributed by atoms with van der Waals surface area (Å²) in [6.45, 7) is 1.97. The van der Waals surface area contributed by atoms with Gasteiger partial charge in [-0.2, -0.15) is 18.3 Å². The van der Waals surface area contributed by atoms with Gasteiger partial charge in [-0.25, -0.2) is 4.68 Å². The molecule has 1 saturated heterocycles. The molecule has 166 valence electrons. The van der Waals surface area contributed by atoms with Crippen molar-refractivity contribution in [3.63, 3.8) is 0 Å². The highest BCUT2D eigenvalue weighted by Gasteiger charge is 2.35. The summed E-state index contributed by atoms with van der Waals surface area (Å²) in [4.78, 5) is 27.5. The van der Waals surface area contributed by atoms with Gasteiger partial charge in [-0.3, -0.25) is 9.59 Å². The lowest BCUT2D eigenvalue weighted by molar-refractivity contribution is -0.137. The third kappa shape index (κ3) is 4.30. The lowest BCUT2D eigenvalue weighted by atomic mass is 10.0. The van der Waals surface area contributed by atoms with Gasteiger partial charge in [0.1, 0.15) is 0 Å². The average molecular weight is 441 g/mol. The first-order valence-electron chi connectivity index (χ1n) is 10.4. The number of halogens is 3.